The normalized spacial score (nSPS) is 22.8. The Balaban J connectivity index is 1.96. The van der Waals surface area contributed by atoms with E-state index in [4.69, 9.17) is 9.47 Å². The first kappa shape index (κ1) is 25.9. The zero-order chi connectivity index (χ0) is 24.9. The molecule has 0 saturated carbocycles. The number of carbonyl (C=O) groups is 1. The Morgan fingerprint density at radius 3 is 2.56 bits per heavy atom. The molecule has 1 N–H and O–H groups in total. The number of sulfonamides is 1. The minimum Gasteiger partial charge on any atom is -0.491 e. The Kier molecular flexibility index (Phi) is 8.45. The van der Waals surface area contributed by atoms with Crippen LogP contribution in [0.2, 0.25) is 0 Å². The molecule has 3 rings (SSSR count). The van der Waals surface area contributed by atoms with E-state index in [2.05, 4.69) is 33.4 Å². The van der Waals surface area contributed by atoms with Crippen molar-refractivity contribution in [1.82, 2.24) is 19.8 Å². The van der Waals surface area contributed by atoms with E-state index >= 15 is 0 Å². The second-order valence-corrected chi connectivity index (χ2v) is 10.6. The van der Waals surface area contributed by atoms with Gasteiger partial charge >= 0.3 is 0 Å². The summed E-state index contributed by atoms with van der Waals surface area (Å²) < 4.78 is 37.7. The highest BCUT2D eigenvalue weighted by Gasteiger charge is 2.28. The Bertz CT molecular complexity index is 1080. The topological polar surface area (TPSA) is 114 Å². The van der Waals surface area contributed by atoms with Crippen molar-refractivity contribution in [3.05, 3.63) is 48.0 Å². The summed E-state index contributed by atoms with van der Waals surface area (Å²) in [5.74, 6) is 0.241. The summed E-state index contributed by atoms with van der Waals surface area (Å²) in [7, 11) is -0.142. The van der Waals surface area contributed by atoms with E-state index in [0.717, 1.165) is 18.4 Å². The van der Waals surface area contributed by atoms with Gasteiger partial charge in [0.25, 0.3) is 5.91 Å². The van der Waals surface area contributed by atoms with Gasteiger partial charge in [0.1, 0.15) is 18.7 Å². The van der Waals surface area contributed by atoms with Gasteiger partial charge in [-0.3, -0.25) is 14.4 Å². The summed E-state index contributed by atoms with van der Waals surface area (Å²) in [5, 5.41) is 0. The number of methoxy groups -OCH3 is 1. The molecule has 0 saturated heterocycles. The number of hydrogen-bond donors (Lipinski definition) is 1. The summed E-state index contributed by atoms with van der Waals surface area (Å²) in [5.41, 5.74) is 1.58. The number of amides is 1. The summed E-state index contributed by atoms with van der Waals surface area (Å²) >= 11 is 0. The second kappa shape index (κ2) is 11.1. The van der Waals surface area contributed by atoms with Crippen LogP contribution in [0, 0.1) is 5.92 Å². The predicted molar refractivity (Wildman–Crippen MR) is 129 cm³/mol. The van der Waals surface area contributed by atoms with Gasteiger partial charge in [-0.05, 0) is 31.0 Å². The zero-order valence-corrected chi connectivity index (χ0v) is 21.1. The lowest BCUT2D eigenvalue weighted by molar-refractivity contribution is 0.00918. The van der Waals surface area contributed by atoms with Crippen molar-refractivity contribution in [2.45, 2.75) is 32.5 Å². The maximum atomic E-state index is 13.3. The molecule has 11 heteroatoms. The van der Waals surface area contributed by atoms with Gasteiger partial charge in [-0.25, -0.2) is 18.4 Å². The van der Waals surface area contributed by atoms with Crippen LogP contribution < -0.4 is 9.46 Å². The number of rotatable bonds is 5. The van der Waals surface area contributed by atoms with Crippen LogP contribution in [0.1, 0.15) is 29.8 Å². The Morgan fingerprint density at radius 1 is 1.21 bits per heavy atom. The van der Waals surface area contributed by atoms with Crippen LogP contribution in [0.3, 0.4) is 0 Å². The molecule has 0 spiro atoms. The number of anilines is 1. The van der Waals surface area contributed by atoms with E-state index in [-0.39, 0.29) is 29.5 Å². The van der Waals surface area contributed by atoms with Gasteiger partial charge in [0, 0.05) is 63.5 Å². The quantitative estimate of drug-likeness (QED) is 0.674. The Labute approximate surface area is 201 Å². The molecular formula is C23H33N5O5S. The molecule has 1 aliphatic heterocycles. The number of fused-ring (bicyclic) bond motifs is 1. The Morgan fingerprint density at radius 2 is 1.91 bits per heavy atom. The third kappa shape index (κ3) is 6.87. The predicted octanol–water partition coefficient (Wildman–Crippen LogP) is 1.85. The van der Waals surface area contributed by atoms with Crippen molar-refractivity contribution in [3.8, 4) is 5.75 Å². The van der Waals surface area contributed by atoms with Gasteiger partial charge < -0.3 is 14.4 Å². The monoisotopic (exact) mass is 491 g/mol. The van der Waals surface area contributed by atoms with Crippen molar-refractivity contribution in [2.75, 3.05) is 44.8 Å². The first-order chi connectivity index (χ1) is 16.1. The number of aromatic nitrogens is 2. The lowest BCUT2D eigenvalue weighted by Gasteiger charge is -2.36. The average molecular weight is 492 g/mol. The van der Waals surface area contributed by atoms with Gasteiger partial charge in [0.05, 0.1) is 17.9 Å². The van der Waals surface area contributed by atoms with E-state index in [1.54, 1.807) is 43.6 Å². The standard InChI is InChI=1S/C23H33N5O5S/c1-16-11-28(12-18-9-24-15-25-10-18)17(2)14-33-21-7-6-19(26-34(5,30)31)8-20(21)23(29)27(3)13-22(16)32-4/h6-10,15-17,22,26H,11-14H2,1-5H3/t16-,17-,22-/m0/s1. The zero-order valence-electron chi connectivity index (χ0n) is 20.3. The van der Waals surface area contributed by atoms with Gasteiger partial charge in [-0.15, -0.1) is 0 Å². The number of likely N-dealkylation sites (N-methyl/N-ethyl adjacent to an activating group) is 1. The first-order valence-corrected chi connectivity index (χ1v) is 13.0. The molecule has 2 aromatic rings. The fraction of sp³-hybridized carbons (Fsp3) is 0.522. The molecule has 0 unspecified atom stereocenters. The first-order valence-electron chi connectivity index (χ1n) is 11.1. The fourth-order valence-corrected chi connectivity index (χ4v) is 4.55. The van der Waals surface area contributed by atoms with Crippen LogP contribution in [-0.2, 0) is 21.3 Å². The third-order valence-electron chi connectivity index (χ3n) is 5.88. The maximum Gasteiger partial charge on any atom is 0.257 e. The van der Waals surface area contributed by atoms with Crippen molar-refractivity contribution in [3.63, 3.8) is 0 Å². The van der Waals surface area contributed by atoms with Crippen molar-refractivity contribution >= 4 is 21.6 Å². The lowest BCUT2D eigenvalue weighted by atomic mass is 10.0. The molecule has 34 heavy (non-hydrogen) atoms. The maximum absolute atomic E-state index is 13.3. The molecule has 0 fully saturated rings. The van der Waals surface area contributed by atoms with Crippen LogP contribution in [-0.4, -0.2) is 86.3 Å². The Hall–Kier alpha value is -2.76. The molecule has 0 bridgehead atoms. The number of ether oxygens (including phenoxy) is 2. The number of benzene rings is 1. The van der Waals surface area contributed by atoms with Crippen LogP contribution in [0.25, 0.3) is 0 Å². The van der Waals surface area contributed by atoms with Gasteiger partial charge in [0.15, 0.2) is 0 Å². The number of nitrogens with zero attached hydrogens (tertiary/aromatic N) is 4. The lowest BCUT2D eigenvalue weighted by Crippen LogP contribution is -2.46. The smallest absolute Gasteiger partial charge is 0.257 e. The van der Waals surface area contributed by atoms with E-state index in [1.165, 1.54) is 12.4 Å². The van der Waals surface area contributed by atoms with Crippen molar-refractivity contribution < 1.29 is 22.7 Å². The number of carbonyl (C=O) groups excluding carboxylic acids is 1. The van der Waals surface area contributed by atoms with Gasteiger partial charge in [-0.1, -0.05) is 6.92 Å². The summed E-state index contributed by atoms with van der Waals surface area (Å²) in [6.07, 6.45) is 5.97. The van der Waals surface area contributed by atoms with Crippen LogP contribution >= 0.6 is 0 Å². The highest BCUT2D eigenvalue weighted by Crippen LogP contribution is 2.27. The largest absolute Gasteiger partial charge is 0.491 e. The molecule has 1 aromatic heterocycles. The highest BCUT2D eigenvalue weighted by atomic mass is 32.2. The summed E-state index contributed by atoms with van der Waals surface area (Å²) in [4.78, 5) is 25.4. The molecule has 1 aromatic carbocycles. The molecular weight excluding hydrogens is 458 g/mol. The molecule has 0 aliphatic carbocycles. The van der Waals surface area contributed by atoms with Crippen LogP contribution in [0.4, 0.5) is 5.69 Å². The minimum absolute atomic E-state index is 0.00842. The molecule has 2 heterocycles. The third-order valence-corrected chi connectivity index (χ3v) is 6.48. The molecule has 3 atom stereocenters. The highest BCUT2D eigenvalue weighted by molar-refractivity contribution is 7.92. The second-order valence-electron chi connectivity index (χ2n) is 8.86. The molecule has 10 nitrogen and oxygen atoms in total. The average Bonchev–Trinajstić information content (AvgIpc) is 2.79. The number of nitrogens with one attached hydrogen (secondary N) is 1. The van der Waals surface area contributed by atoms with Gasteiger partial charge in [0.2, 0.25) is 10.0 Å². The fourth-order valence-electron chi connectivity index (χ4n) is 4.00. The summed E-state index contributed by atoms with van der Waals surface area (Å²) in [6.45, 7) is 6.24. The molecule has 1 aliphatic rings. The SMILES string of the molecule is CO[C@H]1CN(C)C(=O)c2cc(NS(C)(=O)=O)ccc2OC[C@H](C)N(Cc2cncnc2)C[C@@H]1C. The molecule has 0 radical (unpaired) electrons. The summed E-state index contributed by atoms with van der Waals surface area (Å²) in [6, 6.07) is 4.73. The minimum atomic E-state index is -3.49. The number of hydrogen-bond acceptors (Lipinski definition) is 8. The van der Waals surface area contributed by atoms with Crippen molar-refractivity contribution in [2.24, 2.45) is 5.92 Å². The van der Waals surface area contributed by atoms with E-state index in [9.17, 15) is 13.2 Å². The van der Waals surface area contributed by atoms with E-state index in [0.29, 0.717) is 31.1 Å². The van der Waals surface area contributed by atoms with Crippen LogP contribution in [0.15, 0.2) is 36.9 Å². The van der Waals surface area contributed by atoms with E-state index < -0.39 is 10.0 Å². The molecule has 186 valence electrons. The van der Waals surface area contributed by atoms with E-state index in [1.807, 2.05) is 0 Å². The molecule has 1 amide bonds. The van der Waals surface area contributed by atoms with Gasteiger partial charge in [-0.2, -0.15) is 0 Å². The van der Waals surface area contributed by atoms with Crippen LogP contribution in [0.5, 0.6) is 5.75 Å². The van der Waals surface area contributed by atoms with Crippen molar-refractivity contribution in [1.29, 1.82) is 0 Å².